The number of hydrogen-bond acceptors (Lipinski definition) is 10. The lowest BCUT2D eigenvalue weighted by atomic mass is 10.2. The van der Waals surface area contributed by atoms with E-state index in [1.54, 1.807) is 55.5 Å². The first-order chi connectivity index (χ1) is 15.5. The third-order valence-electron chi connectivity index (χ3n) is 4.33. The number of carbonyl (C=O) groups excluding carboxylic acids is 1. The second kappa shape index (κ2) is 10.2. The van der Waals surface area contributed by atoms with E-state index in [1.165, 1.54) is 7.11 Å². The number of aromatic nitrogens is 2. The highest BCUT2D eigenvalue weighted by molar-refractivity contribution is 5.95. The number of nitrogens with one attached hydrogen (secondary N) is 2. The first-order valence-electron chi connectivity index (χ1n) is 9.57. The fourth-order valence-electron chi connectivity index (χ4n) is 2.89. The summed E-state index contributed by atoms with van der Waals surface area (Å²) in [4.78, 5) is 31.8. The predicted molar refractivity (Wildman–Crippen MR) is 117 cm³/mol. The Morgan fingerprint density at radius 3 is 2.44 bits per heavy atom. The molecule has 0 aliphatic carbocycles. The number of benzene rings is 2. The Morgan fingerprint density at radius 1 is 1.09 bits per heavy atom. The van der Waals surface area contributed by atoms with Gasteiger partial charge in [0.05, 0.1) is 30.9 Å². The van der Waals surface area contributed by atoms with E-state index in [2.05, 4.69) is 20.6 Å². The van der Waals surface area contributed by atoms with Gasteiger partial charge in [0.1, 0.15) is 5.75 Å². The number of methoxy groups -OCH3 is 1. The molecule has 0 fully saturated rings. The van der Waals surface area contributed by atoms with Crippen LogP contribution in [-0.2, 0) is 11.3 Å². The predicted octanol–water partition coefficient (Wildman–Crippen LogP) is 3.55. The molecule has 0 saturated heterocycles. The highest BCUT2D eigenvalue weighted by Crippen LogP contribution is 2.34. The molecule has 0 aliphatic rings. The molecule has 11 heteroatoms. The standard InChI is InChI=1S/C21H21N5O6/c1-3-32-20(28)17-18(26(29)30)19(22-15-10-6-7-11-16(15)31-2)25-21(24-17)23-14-9-5-4-8-13(14)12-27/h4-11,27H,3,12H2,1-2H3,(H2,22,23,24,25). The Kier molecular flexibility index (Phi) is 7.13. The minimum absolute atomic E-state index is 0.00533. The highest BCUT2D eigenvalue weighted by Gasteiger charge is 2.31. The fraction of sp³-hybridized carbons (Fsp3) is 0.190. The number of rotatable bonds is 9. The molecular weight excluding hydrogens is 418 g/mol. The van der Waals surface area contributed by atoms with Crippen molar-refractivity contribution in [3.05, 3.63) is 69.9 Å². The summed E-state index contributed by atoms with van der Waals surface area (Å²) in [5, 5.41) is 27.2. The molecule has 0 atom stereocenters. The zero-order valence-corrected chi connectivity index (χ0v) is 17.4. The molecule has 1 aromatic heterocycles. The first kappa shape index (κ1) is 22.4. The van der Waals surface area contributed by atoms with Crippen molar-refractivity contribution in [1.82, 2.24) is 9.97 Å². The van der Waals surface area contributed by atoms with Gasteiger partial charge in [-0.1, -0.05) is 30.3 Å². The Bertz CT molecular complexity index is 1140. The summed E-state index contributed by atoms with van der Waals surface area (Å²) in [5.41, 5.74) is 0.255. The van der Waals surface area contributed by atoms with Crippen LogP contribution < -0.4 is 15.4 Å². The van der Waals surface area contributed by atoms with Crippen molar-refractivity contribution >= 4 is 34.8 Å². The van der Waals surface area contributed by atoms with E-state index in [9.17, 15) is 20.0 Å². The third kappa shape index (κ3) is 4.90. The number of aliphatic hydroxyl groups is 1. The van der Waals surface area contributed by atoms with E-state index in [0.29, 0.717) is 22.7 Å². The molecule has 3 N–H and O–H groups in total. The summed E-state index contributed by atoms with van der Waals surface area (Å²) < 4.78 is 10.2. The largest absolute Gasteiger partial charge is 0.495 e. The molecule has 3 rings (SSSR count). The van der Waals surface area contributed by atoms with Gasteiger partial charge in [0.25, 0.3) is 0 Å². The van der Waals surface area contributed by atoms with E-state index in [0.717, 1.165) is 0 Å². The van der Waals surface area contributed by atoms with Crippen molar-refractivity contribution in [2.75, 3.05) is 24.4 Å². The van der Waals surface area contributed by atoms with Crippen LogP contribution in [0.5, 0.6) is 5.75 Å². The van der Waals surface area contributed by atoms with Crippen LogP contribution >= 0.6 is 0 Å². The number of para-hydroxylation sites is 3. The Hall–Kier alpha value is -4.25. The van der Waals surface area contributed by atoms with Crippen molar-refractivity contribution in [3.63, 3.8) is 0 Å². The topological polar surface area (TPSA) is 149 Å². The maximum atomic E-state index is 12.5. The third-order valence-corrected chi connectivity index (χ3v) is 4.33. The van der Waals surface area contributed by atoms with Gasteiger partial charge in [-0.3, -0.25) is 10.1 Å². The number of anilines is 4. The summed E-state index contributed by atoms with van der Waals surface area (Å²) in [5.74, 6) is -0.889. The van der Waals surface area contributed by atoms with Gasteiger partial charge in [-0.25, -0.2) is 4.79 Å². The number of nitro groups is 1. The molecule has 32 heavy (non-hydrogen) atoms. The molecule has 166 valence electrons. The molecular formula is C21H21N5O6. The molecule has 3 aromatic rings. The molecule has 11 nitrogen and oxygen atoms in total. The Labute approximate surface area is 183 Å². The van der Waals surface area contributed by atoms with Gasteiger partial charge in [0.15, 0.2) is 0 Å². The first-order valence-corrected chi connectivity index (χ1v) is 9.57. The number of ether oxygens (including phenoxy) is 2. The summed E-state index contributed by atoms with van der Waals surface area (Å²) in [7, 11) is 1.46. The SMILES string of the molecule is CCOC(=O)c1nc(Nc2ccccc2CO)nc(Nc2ccccc2OC)c1[N+](=O)[O-]. The Morgan fingerprint density at radius 2 is 1.78 bits per heavy atom. The minimum atomic E-state index is -0.969. The molecule has 0 amide bonds. The maximum absolute atomic E-state index is 12.5. The summed E-state index contributed by atoms with van der Waals surface area (Å²) in [6, 6.07) is 13.6. The number of carbonyl (C=O) groups is 1. The monoisotopic (exact) mass is 439 g/mol. The van der Waals surface area contributed by atoms with Crippen LogP contribution in [0.4, 0.5) is 28.8 Å². The molecule has 0 unspecified atom stereocenters. The van der Waals surface area contributed by atoms with Crippen LogP contribution in [0.25, 0.3) is 0 Å². The minimum Gasteiger partial charge on any atom is -0.495 e. The van der Waals surface area contributed by atoms with Crippen LogP contribution in [-0.4, -0.2) is 39.7 Å². The van der Waals surface area contributed by atoms with E-state index in [4.69, 9.17) is 9.47 Å². The van der Waals surface area contributed by atoms with E-state index >= 15 is 0 Å². The number of nitrogens with zero attached hydrogens (tertiary/aromatic N) is 3. The van der Waals surface area contributed by atoms with Crippen molar-refractivity contribution in [2.24, 2.45) is 0 Å². The summed E-state index contributed by atoms with van der Waals surface area (Å²) in [6.45, 7) is 1.33. The van der Waals surface area contributed by atoms with Gasteiger partial charge < -0.3 is 25.2 Å². The van der Waals surface area contributed by atoms with Crippen molar-refractivity contribution in [1.29, 1.82) is 0 Å². The summed E-state index contributed by atoms with van der Waals surface area (Å²) in [6.07, 6.45) is 0. The molecule has 1 heterocycles. The second-order valence-corrected chi connectivity index (χ2v) is 6.34. The van der Waals surface area contributed by atoms with Gasteiger partial charge in [-0.05, 0) is 25.1 Å². The maximum Gasteiger partial charge on any atom is 0.364 e. The molecule has 0 spiro atoms. The van der Waals surface area contributed by atoms with Crippen LogP contribution in [0.15, 0.2) is 48.5 Å². The number of esters is 1. The molecule has 0 aliphatic heterocycles. The number of aliphatic hydroxyl groups excluding tert-OH is 1. The average Bonchev–Trinajstić information content (AvgIpc) is 2.79. The molecule has 0 saturated carbocycles. The normalized spacial score (nSPS) is 10.3. The lowest BCUT2D eigenvalue weighted by molar-refractivity contribution is -0.384. The van der Waals surface area contributed by atoms with Gasteiger partial charge in [0, 0.05) is 11.3 Å². The fourth-order valence-corrected chi connectivity index (χ4v) is 2.89. The smallest absolute Gasteiger partial charge is 0.364 e. The van der Waals surface area contributed by atoms with Crippen LogP contribution in [0.1, 0.15) is 23.0 Å². The number of hydrogen-bond donors (Lipinski definition) is 3. The van der Waals surface area contributed by atoms with Gasteiger partial charge in [-0.2, -0.15) is 9.97 Å². The molecule has 0 radical (unpaired) electrons. The van der Waals surface area contributed by atoms with Crippen LogP contribution in [0.2, 0.25) is 0 Å². The average molecular weight is 439 g/mol. The lowest BCUT2D eigenvalue weighted by Gasteiger charge is -2.14. The van der Waals surface area contributed by atoms with Crippen LogP contribution in [0, 0.1) is 10.1 Å². The molecule has 2 aromatic carbocycles. The zero-order valence-electron chi connectivity index (χ0n) is 17.4. The lowest BCUT2D eigenvalue weighted by Crippen LogP contribution is -2.15. The Balaban J connectivity index is 2.16. The highest BCUT2D eigenvalue weighted by atomic mass is 16.6. The molecule has 0 bridgehead atoms. The van der Waals surface area contributed by atoms with Crippen molar-refractivity contribution in [3.8, 4) is 5.75 Å². The summed E-state index contributed by atoms with van der Waals surface area (Å²) >= 11 is 0. The van der Waals surface area contributed by atoms with Gasteiger partial charge in [-0.15, -0.1) is 0 Å². The quantitative estimate of drug-likeness (QED) is 0.257. The van der Waals surface area contributed by atoms with Crippen molar-refractivity contribution < 1.29 is 24.3 Å². The van der Waals surface area contributed by atoms with Crippen LogP contribution in [0.3, 0.4) is 0 Å². The zero-order chi connectivity index (χ0) is 23.1. The van der Waals surface area contributed by atoms with E-state index in [1.807, 2.05) is 0 Å². The van der Waals surface area contributed by atoms with E-state index in [-0.39, 0.29) is 25.0 Å². The van der Waals surface area contributed by atoms with E-state index < -0.39 is 22.3 Å². The van der Waals surface area contributed by atoms with Gasteiger partial charge in [0.2, 0.25) is 17.5 Å². The van der Waals surface area contributed by atoms with Crippen molar-refractivity contribution in [2.45, 2.75) is 13.5 Å². The van der Waals surface area contributed by atoms with Gasteiger partial charge >= 0.3 is 11.7 Å². The second-order valence-electron chi connectivity index (χ2n) is 6.34.